The maximum atomic E-state index is 9.43. The first-order valence-electron chi connectivity index (χ1n) is 9.57. The van der Waals surface area contributed by atoms with Crippen LogP contribution < -0.4 is 0 Å². The summed E-state index contributed by atoms with van der Waals surface area (Å²) in [7, 11) is 0. The van der Waals surface area contributed by atoms with Gasteiger partial charge in [0.25, 0.3) is 0 Å². The Morgan fingerprint density at radius 2 is 0.952 bits per heavy atom. The fraction of sp³-hybridized carbons (Fsp3) is 1.00. The standard InChI is InChI=1S/C19H40O2/c1-4-7-10-11-12-13-14-15-18-19(21-20,16-8-5-2)17-9-6-3/h20H,4-18H2,1-3H3. The topological polar surface area (TPSA) is 29.5 Å². The largest absolute Gasteiger partial charge is 0.251 e. The van der Waals surface area contributed by atoms with Crippen molar-refractivity contribution in [3.8, 4) is 0 Å². The summed E-state index contributed by atoms with van der Waals surface area (Å²) in [5.74, 6) is 0. The highest BCUT2D eigenvalue weighted by Crippen LogP contribution is 2.31. The molecule has 0 fully saturated rings. The number of rotatable bonds is 16. The zero-order chi connectivity index (χ0) is 15.8. The van der Waals surface area contributed by atoms with Crippen LogP contribution in [0, 0.1) is 0 Å². The number of unbranched alkanes of at least 4 members (excludes halogenated alkanes) is 9. The Bertz CT molecular complexity index is 196. The first-order valence-corrected chi connectivity index (χ1v) is 9.57. The smallest absolute Gasteiger partial charge is 0.103 e. The maximum absolute atomic E-state index is 9.43. The Hall–Kier alpha value is -0.0800. The molecule has 0 aromatic rings. The van der Waals surface area contributed by atoms with Gasteiger partial charge in [0, 0.05) is 0 Å². The van der Waals surface area contributed by atoms with Crippen molar-refractivity contribution in [3.63, 3.8) is 0 Å². The monoisotopic (exact) mass is 300 g/mol. The van der Waals surface area contributed by atoms with Crippen LogP contribution in [0.2, 0.25) is 0 Å². The van der Waals surface area contributed by atoms with Gasteiger partial charge < -0.3 is 0 Å². The molecular weight excluding hydrogens is 260 g/mol. The van der Waals surface area contributed by atoms with Gasteiger partial charge >= 0.3 is 0 Å². The molecule has 128 valence electrons. The van der Waals surface area contributed by atoms with Crippen molar-refractivity contribution in [1.29, 1.82) is 0 Å². The molecule has 0 atom stereocenters. The molecule has 0 rings (SSSR count). The zero-order valence-electron chi connectivity index (χ0n) is 15.0. The molecule has 0 saturated heterocycles. The molecule has 0 aliphatic rings. The van der Waals surface area contributed by atoms with Crippen molar-refractivity contribution in [1.82, 2.24) is 0 Å². The van der Waals surface area contributed by atoms with Crippen molar-refractivity contribution in [3.05, 3.63) is 0 Å². The SMILES string of the molecule is CCCCCCCCCCC(CCCC)(CCCC)OO. The third-order valence-corrected chi connectivity index (χ3v) is 4.65. The van der Waals surface area contributed by atoms with E-state index in [9.17, 15) is 5.26 Å². The molecule has 1 N–H and O–H groups in total. The highest BCUT2D eigenvalue weighted by Gasteiger charge is 2.29. The first-order chi connectivity index (χ1) is 10.2. The van der Waals surface area contributed by atoms with E-state index >= 15 is 0 Å². The van der Waals surface area contributed by atoms with Gasteiger partial charge in [0.1, 0.15) is 5.60 Å². The predicted molar refractivity (Wildman–Crippen MR) is 92.7 cm³/mol. The lowest BCUT2D eigenvalue weighted by molar-refractivity contribution is -0.330. The van der Waals surface area contributed by atoms with Gasteiger partial charge in [0.2, 0.25) is 0 Å². The van der Waals surface area contributed by atoms with E-state index in [2.05, 4.69) is 20.8 Å². The fourth-order valence-electron chi connectivity index (χ4n) is 3.09. The molecule has 21 heavy (non-hydrogen) atoms. The van der Waals surface area contributed by atoms with Crippen molar-refractivity contribution in [2.24, 2.45) is 0 Å². The van der Waals surface area contributed by atoms with Crippen LogP contribution in [0.4, 0.5) is 0 Å². The molecule has 0 aromatic heterocycles. The zero-order valence-corrected chi connectivity index (χ0v) is 15.0. The van der Waals surface area contributed by atoms with Gasteiger partial charge in [0.15, 0.2) is 0 Å². The van der Waals surface area contributed by atoms with Gasteiger partial charge in [0.05, 0.1) is 0 Å². The molecule has 0 radical (unpaired) electrons. The lowest BCUT2D eigenvalue weighted by Gasteiger charge is -2.30. The molecule has 0 aromatic carbocycles. The molecule has 0 saturated carbocycles. The van der Waals surface area contributed by atoms with Crippen molar-refractivity contribution in [2.45, 2.75) is 123 Å². The fourth-order valence-corrected chi connectivity index (χ4v) is 3.09. The molecule has 0 bridgehead atoms. The van der Waals surface area contributed by atoms with Crippen LogP contribution in [0.3, 0.4) is 0 Å². The number of hydrogen-bond donors (Lipinski definition) is 1. The van der Waals surface area contributed by atoms with E-state index < -0.39 is 0 Å². The lowest BCUT2D eigenvalue weighted by Crippen LogP contribution is -2.31. The highest BCUT2D eigenvalue weighted by molar-refractivity contribution is 4.79. The Labute approximate surface area is 133 Å². The maximum Gasteiger partial charge on any atom is 0.103 e. The minimum absolute atomic E-state index is 0.256. The Kier molecular flexibility index (Phi) is 14.8. The first kappa shape index (κ1) is 20.9. The Balaban J connectivity index is 3.88. The van der Waals surface area contributed by atoms with E-state index in [0.717, 1.165) is 32.1 Å². The normalized spacial score (nSPS) is 12.0. The lowest BCUT2D eigenvalue weighted by atomic mass is 9.85. The molecule has 0 unspecified atom stereocenters. The summed E-state index contributed by atoms with van der Waals surface area (Å²) >= 11 is 0. The van der Waals surface area contributed by atoms with E-state index in [1.165, 1.54) is 64.2 Å². The van der Waals surface area contributed by atoms with E-state index in [1.54, 1.807) is 0 Å². The van der Waals surface area contributed by atoms with Crippen LogP contribution in [0.25, 0.3) is 0 Å². The quantitative estimate of drug-likeness (QED) is 0.187. The Morgan fingerprint density at radius 1 is 0.571 bits per heavy atom. The third kappa shape index (κ3) is 11.2. The summed E-state index contributed by atoms with van der Waals surface area (Å²) in [5.41, 5.74) is -0.256. The van der Waals surface area contributed by atoms with Gasteiger partial charge in [-0.3, -0.25) is 5.26 Å². The second-order valence-corrected chi connectivity index (χ2v) is 6.71. The van der Waals surface area contributed by atoms with Gasteiger partial charge in [-0.25, -0.2) is 4.89 Å². The molecule has 0 heterocycles. The molecule has 2 heteroatoms. The van der Waals surface area contributed by atoms with Crippen LogP contribution in [-0.4, -0.2) is 10.9 Å². The minimum atomic E-state index is -0.256. The highest BCUT2D eigenvalue weighted by atomic mass is 17.1. The van der Waals surface area contributed by atoms with Gasteiger partial charge in [-0.05, 0) is 19.3 Å². The van der Waals surface area contributed by atoms with Crippen molar-refractivity contribution in [2.75, 3.05) is 0 Å². The van der Waals surface area contributed by atoms with Crippen molar-refractivity contribution >= 4 is 0 Å². The number of hydrogen-bond acceptors (Lipinski definition) is 2. The van der Waals surface area contributed by atoms with Gasteiger partial charge in [-0.2, -0.15) is 0 Å². The van der Waals surface area contributed by atoms with Crippen LogP contribution in [-0.2, 0) is 4.89 Å². The molecule has 2 nitrogen and oxygen atoms in total. The van der Waals surface area contributed by atoms with E-state index in [1.807, 2.05) is 0 Å². The van der Waals surface area contributed by atoms with E-state index in [4.69, 9.17) is 4.89 Å². The molecular formula is C19H40O2. The summed E-state index contributed by atoms with van der Waals surface area (Å²) in [6.45, 7) is 6.68. The van der Waals surface area contributed by atoms with Crippen LogP contribution in [0.15, 0.2) is 0 Å². The van der Waals surface area contributed by atoms with Gasteiger partial charge in [-0.15, -0.1) is 0 Å². The molecule has 0 spiro atoms. The summed E-state index contributed by atoms with van der Waals surface area (Å²) in [6.07, 6.45) is 18.4. The molecule has 0 aliphatic carbocycles. The summed E-state index contributed by atoms with van der Waals surface area (Å²) in [6, 6.07) is 0. The van der Waals surface area contributed by atoms with Crippen molar-refractivity contribution < 1.29 is 10.1 Å². The van der Waals surface area contributed by atoms with Crippen LogP contribution in [0.5, 0.6) is 0 Å². The second kappa shape index (κ2) is 14.8. The predicted octanol–water partition coefficient (Wildman–Crippen LogP) is 7.13. The van der Waals surface area contributed by atoms with Gasteiger partial charge in [-0.1, -0.05) is 97.8 Å². The molecule has 0 aliphatic heterocycles. The third-order valence-electron chi connectivity index (χ3n) is 4.65. The second-order valence-electron chi connectivity index (χ2n) is 6.71. The molecule has 0 amide bonds. The summed E-state index contributed by atoms with van der Waals surface area (Å²) < 4.78 is 0. The minimum Gasteiger partial charge on any atom is -0.251 e. The Morgan fingerprint density at radius 3 is 1.38 bits per heavy atom. The van der Waals surface area contributed by atoms with E-state index in [0.29, 0.717) is 0 Å². The van der Waals surface area contributed by atoms with Crippen LogP contribution >= 0.6 is 0 Å². The average molecular weight is 301 g/mol. The summed E-state index contributed by atoms with van der Waals surface area (Å²) in [5, 5.41) is 9.43. The average Bonchev–Trinajstić information content (AvgIpc) is 2.52. The summed E-state index contributed by atoms with van der Waals surface area (Å²) in [4.78, 5) is 5.00. The van der Waals surface area contributed by atoms with Crippen LogP contribution in [0.1, 0.15) is 117 Å². The van der Waals surface area contributed by atoms with E-state index in [-0.39, 0.29) is 5.60 Å².